The van der Waals surface area contributed by atoms with Crippen molar-refractivity contribution in [1.29, 1.82) is 0 Å². The number of ether oxygens (including phenoxy) is 1. The lowest BCUT2D eigenvalue weighted by Crippen LogP contribution is -2.34. The maximum Gasteiger partial charge on any atom is 0.224 e. The van der Waals surface area contributed by atoms with Crippen LogP contribution in [0, 0.1) is 11.8 Å². The Balaban J connectivity index is 2.57. The number of benzene rings is 1. The first-order chi connectivity index (χ1) is 9.43. The van der Waals surface area contributed by atoms with Gasteiger partial charge in [0.2, 0.25) is 5.91 Å². The zero-order valence-electron chi connectivity index (χ0n) is 12.8. The van der Waals surface area contributed by atoms with Crippen molar-refractivity contribution in [3.63, 3.8) is 0 Å². The first-order valence-electron chi connectivity index (χ1n) is 7.17. The summed E-state index contributed by atoms with van der Waals surface area (Å²) in [5, 5.41) is 2.96. The van der Waals surface area contributed by atoms with E-state index in [1.54, 1.807) is 0 Å². The van der Waals surface area contributed by atoms with E-state index in [2.05, 4.69) is 19.2 Å². The molecule has 0 aliphatic carbocycles. The molecule has 0 saturated heterocycles. The SMILES string of the molecule is CC(C)COc1ccc(C(C)NC(=O)C(C)CN)cc1. The lowest BCUT2D eigenvalue weighted by atomic mass is 10.1. The van der Waals surface area contributed by atoms with Crippen molar-refractivity contribution in [3.05, 3.63) is 29.8 Å². The average Bonchev–Trinajstić information content (AvgIpc) is 2.44. The van der Waals surface area contributed by atoms with Crippen LogP contribution in [0.3, 0.4) is 0 Å². The van der Waals surface area contributed by atoms with Gasteiger partial charge < -0.3 is 15.8 Å². The molecule has 4 heteroatoms. The zero-order chi connectivity index (χ0) is 15.1. The van der Waals surface area contributed by atoms with Crippen LogP contribution < -0.4 is 15.8 Å². The lowest BCUT2D eigenvalue weighted by molar-refractivity contribution is -0.124. The minimum Gasteiger partial charge on any atom is -0.493 e. The monoisotopic (exact) mass is 278 g/mol. The minimum absolute atomic E-state index is 0.0138. The van der Waals surface area contributed by atoms with E-state index in [0.29, 0.717) is 19.1 Å². The van der Waals surface area contributed by atoms with Gasteiger partial charge in [0.15, 0.2) is 0 Å². The third kappa shape index (κ3) is 5.21. The summed E-state index contributed by atoms with van der Waals surface area (Å²) in [5.41, 5.74) is 6.54. The van der Waals surface area contributed by atoms with Crippen LogP contribution >= 0.6 is 0 Å². The van der Waals surface area contributed by atoms with Crippen LogP contribution in [0.25, 0.3) is 0 Å². The number of hydrogen-bond donors (Lipinski definition) is 2. The molecule has 0 saturated carbocycles. The molecule has 3 N–H and O–H groups in total. The van der Waals surface area contributed by atoms with E-state index in [1.807, 2.05) is 38.1 Å². The normalized spacial score (nSPS) is 13.9. The molecule has 0 aliphatic heterocycles. The molecule has 0 spiro atoms. The zero-order valence-corrected chi connectivity index (χ0v) is 12.8. The van der Waals surface area contributed by atoms with Gasteiger partial charge in [-0.15, -0.1) is 0 Å². The molecular weight excluding hydrogens is 252 g/mol. The average molecular weight is 278 g/mol. The first-order valence-corrected chi connectivity index (χ1v) is 7.17. The Kier molecular flexibility index (Phi) is 6.52. The summed E-state index contributed by atoms with van der Waals surface area (Å²) >= 11 is 0. The number of rotatable bonds is 7. The largest absolute Gasteiger partial charge is 0.493 e. The highest BCUT2D eigenvalue weighted by Gasteiger charge is 2.14. The van der Waals surface area contributed by atoms with Gasteiger partial charge in [-0.25, -0.2) is 0 Å². The number of carbonyl (C=O) groups excluding carboxylic acids is 1. The maximum absolute atomic E-state index is 11.8. The highest BCUT2D eigenvalue weighted by atomic mass is 16.5. The van der Waals surface area contributed by atoms with Crippen molar-refractivity contribution in [1.82, 2.24) is 5.32 Å². The first kappa shape index (κ1) is 16.5. The van der Waals surface area contributed by atoms with E-state index in [1.165, 1.54) is 0 Å². The summed E-state index contributed by atoms with van der Waals surface area (Å²) < 4.78 is 5.63. The molecule has 1 aromatic rings. The van der Waals surface area contributed by atoms with Crippen LogP contribution in [0.5, 0.6) is 5.75 Å². The molecule has 0 radical (unpaired) electrons. The van der Waals surface area contributed by atoms with Gasteiger partial charge in [0, 0.05) is 12.5 Å². The van der Waals surface area contributed by atoms with Gasteiger partial charge in [0.1, 0.15) is 5.75 Å². The summed E-state index contributed by atoms with van der Waals surface area (Å²) in [4.78, 5) is 11.8. The maximum atomic E-state index is 11.8. The van der Waals surface area contributed by atoms with E-state index >= 15 is 0 Å². The molecule has 0 bridgehead atoms. The van der Waals surface area contributed by atoms with Gasteiger partial charge in [-0.2, -0.15) is 0 Å². The van der Waals surface area contributed by atoms with Gasteiger partial charge in [0.25, 0.3) is 0 Å². The molecule has 0 heterocycles. The summed E-state index contributed by atoms with van der Waals surface area (Å²) in [7, 11) is 0. The lowest BCUT2D eigenvalue weighted by Gasteiger charge is -2.17. The predicted octanol–water partition coefficient (Wildman–Crippen LogP) is 2.49. The second-order valence-corrected chi connectivity index (χ2v) is 5.64. The van der Waals surface area contributed by atoms with Gasteiger partial charge >= 0.3 is 0 Å². The standard InChI is InChI=1S/C16H26N2O2/c1-11(2)10-20-15-7-5-14(6-8-15)13(4)18-16(19)12(3)9-17/h5-8,11-13H,9-10,17H2,1-4H3,(H,18,19). The Hall–Kier alpha value is -1.55. The topological polar surface area (TPSA) is 64.3 Å². The van der Waals surface area contributed by atoms with Gasteiger partial charge in [-0.1, -0.05) is 32.9 Å². The van der Waals surface area contributed by atoms with Crippen molar-refractivity contribution in [2.24, 2.45) is 17.6 Å². The number of nitrogens with two attached hydrogens (primary N) is 1. The Morgan fingerprint density at radius 2 is 1.80 bits per heavy atom. The molecule has 0 aliphatic rings. The Morgan fingerprint density at radius 1 is 1.20 bits per heavy atom. The molecule has 0 aromatic heterocycles. The van der Waals surface area contributed by atoms with Crippen molar-refractivity contribution in [2.45, 2.75) is 33.7 Å². The number of amides is 1. The van der Waals surface area contributed by atoms with E-state index in [0.717, 1.165) is 11.3 Å². The second kappa shape index (κ2) is 7.90. The second-order valence-electron chi connectivity index (χ2n) is 5.64. The highest BCUT2D eigenvalue weighted by Crippen LogP contribution is 2.18. The molecule has 1 amide bonds. The number of carbonyl (C=O) groups is 1. The highest BCUT2D eigenvalue weighted by molar-refractivity contribution is 5.78. The smallest absolute Gasteiger partial charge is 0.224 e. The Bertz CT molecular complexity index is 415. The molecule has 112 valence electrons. The van der Waals surface area contributed by atoms with Gasteiger partial charge in [0.05, 0.1) is 12.6 Å². The molecule has 20 heavy (non-hydrogen) atoms. The van der Waals surface area contributed by atoms with Crippen molar-refractivity contribution < 1.29 is 9.53 Å². The van der Waals surface area contributed by atoms with Crippen LogP contribution in [0.2, 0.25) is 0 Å². The van der Waals surface area contributed by atoms with Crippen LogP contribution in [-0.4, -0.2) is 19.1 Å². The third-order valence-corrected chi connectivity index (χ3v) is 3.12. The Morgan fingerprint density at radius 3 is 2.30 bits per heavy atom. The van der Waals surface area contributed by atoms with Crippen LogP contribution in [0.1, 0.15) is 39.3 Å². The fourth-order valence-electron chi connectivity index (χ4n) is 1.66. The summed E-state index contributed by atoms with van der Waals surface area (Å²) in [6.07, 6.45) is 0. The number of nitrogens with one attached hydrogen (secondary N) is 1. The summed E-state index contributed by atoms with van der Waals surface area (Å²) in [6.45, 7) is 9.09. The molecule has 2 unspecified atom stereocenters. The van der Waals surface area contributed by atoms with Gasteiger partial charge in [-0.3, -0.25) is 4.79 Å². The van der Waals surface area contributed by atoms with E-state index in [4.69, 9.17) is 10.5 Å². The van der Waals surface area contributed by atoms with E-state index < -0.39 is 0 Å². The third-order valence-electron chi connectivity index (χ3n) is 3.12. The van der Waals surface area contributed by atoms with E-state index in [-0.39, 0.29) is 17.9 Å². The van der Waals surface area contributed by atoms with Crippen LogP contribution in [0.4, 0.5) is 0 Å². The molecule has 0 fully saturated rings. The number of hydrogen-bond acceptors (Lipinski definition) is 3. The Labute approximate surface area is 121 Å². The summed E-state index contributed by atoms with van der Waals surface area (Å²) in [5.74, 6) is 1.19. The minimum atomic E-state index is -0.161. The van der Waals surface area contributed by atoms with Crippen molar-refractivity contribution in [2.75, 3.05) is 13.2 Å². The van der Waals surface area contributed by atoms with Crippen molar-refractivity contribution in [3.8, 4) is 5.75 Å². The predicted molar refractivity (Wildman–Crippen MR) is 81.6 cm³/mol. The summed E-state index contributed by atoms with van der Waals surface area (Å²) in [6, 6.07) is 7.80. The van der Waals surface area contributed by atoms with Crippen LogP contribution in [0.15, 0.2) is 24.3 Å². The molecule has 4 nitrogen and oxygen atoms in total. The molecule has 1 rings (SSSR count). The fourth-order valence-corrected chi connectivity index (χ4v) is 1.66. The van der Waals surface area contributed by atoms with Crippen LogP contribution in [-0.2, 0) is 4.79 Å². The van der Waals surface area contributed by atoms with Gasteiger partial charge in [-0.05, 0) is 30.5 Å². The van der Waals surface area contributed by atoms with E-state index in [9.17, 15) is 4.79 Å². The van der Waals surface area contributed by atoms with Crippen molar-refractivity contribution >= 4 is 5.91 Å². The molecular formula is C16H26N2O2. The molecule has 2 atom stereocenters. The fraction of sp³-hybridized carbons (Fsp3) is 0.562. The molecule has 1 aromatic carbocycles. The quantitative estimate of drug-likeness (QED) is 0.805.